The highest BCUT2D eigenvalue weighted by Gasteiger charge is 2.15. The normalized spacial score (nSPS) is 12.9. The van der Waals surface area contributed by atoms with Crippen LogP contribution < -0.4 is 0 Å². The average Bonchev–Trinajstić information content (AvgIpc) is 1.93. The molecule has 0 heteroatoms. The summed E-state index contributed by atoms with van der Waals surface area (Å²) < 4.78 is 0. The van der Waals surface area contributed by atoms with Crippen LogP contribution in [0.3, 0.4) is 0 Å². The molecule has 0 nitrogen and oxygen atoms in total. The Morgan fingerprint density at radius 2 is 1.06 bits per heavy atom. The van der Waals surface area contributed by atoms with Crippen molar-refractivity contribution in [1.29, 1.82) is 0 Å². The van der Waals surface area contributed by atoms with Crippen LogP contribution in [-0.2, 0) is 12.8 Å². The lowest BCUT2D eigenvalue weighted by molar-refractivity contribution is 0.405. The molecule has 0 atom stereocenters. The summed E-state index contributed by atoms with van der Waals surface area (Å²) in [5.74, 6) is 0. The SMILES string of the molecule is Cc1cc(CC(C)(C)C)cc(CC(C)(C)C)c1. The van der Waals surface area contributed by atoms with E-state index in [1.54, 1.807) is 0 Å². The minimum absolute atomic E-state index is 0.368. The molecule has 1 rings (SSSR count). The molecule has 0 bridgehead atoms. The Bertz CT molecular complexity index is 338. The summed E-state index contributed by atoms with van der Waals surface area (Å²) in [6.45, 7) is 16.0. The number of rotatable bonds is 2. The maximum absolute atomic E-state index is 2.39. The van der Waals surface area contributed by atoms with Crippen molar-refractivity contribution in [3.63, 3.8) is 0 Å². The Morgan fingerprint density at radius 3 is 1.35 bits per heavy atom. The smallest absolute Gasteiger partial charge is 0.0230 e. The van der Waals surface area contributed by atoms with E-state index in [2.05, 4.69) is 66.7 Å². The molecule has 96 valence electrons. The average molecular weight is 232 g/mol. The first-order valence-electron chi connectivity index (χ1n) is 6.65. The molecule has 0 saturated heterocycles. The third-order valence-electron chi connectivity index (χ3n) is 2.67. The summed E-state index contributed by atoms with van der Waals surface area (Å²) in [6.07, 6.45) is 2.32. The fourth-order valence-electron chi connectivity index (χ4n) is 2.38. The summed E-state index contributed by atoms with van der Waals surface area (Å²) in [5.41, 5.74) is 5.10. The standard InChI is InChI=1S/C17H28/c1-13-8-14(11-16(2,3)4)10-15(9-13)12-17(5,6)7/h8-10H,11-12H2,1-7H3. The quantitative estimate of drug-likeness (QED) is 0.659. The summed E-state index contributed by atoms with van der Waals surface area (Å²) in [5, 5.41) is 0. The largest absolute Gasteiger partial charge is 0.0599 e. The van der Waals surface area contributed by atoms with Gasteiger partial charge < -0.3 is 0 Å². The Balaban J connectivity index is 2.95. The third-order valence-corrected chi connectivity index (χ3v) is 2.67. The van der Waals surface area contributed by atoms with Crippen molar-refractivity contribution in [1.82, 2.24) is 0 Å². The second-order valence-electron chi connectivity index (χ2n) is 7.80. The molecule has 0 fully saturated rings. The number of hydrogen-bond donors (Lipinski definition) is 0. The van der Waals surface area contributed by atoms with E-state index in [9.17, 15) is 0 Å². The van der Waals surface area contributed by atoms with Gasteiger partial charge in [0.25, 0.3) is 0 Å². The van der Waals surface area contributed by atoms with E-state index in [1.165, 1.54) is 16.7 Å². The molecule has 0 amide bonds. The maximum atomic E-state index is 2.39. The van der Waals surface area contributed by atoms with Crippen LogP contribution in [0.1, 0.15) is 58.2 Å². The zero-order valence-electron chi connectivity index (χ0n) is 12.6. The summed E-state index contributed by atoms with van der Waals surface area (Å²) in [7, 11) is 0. The van der Waals surface area contributed by atoms with Crippen LogP contribution in [0.2, 0.25) is 0 Å². The van der Waals surface area contributed by atoms with Crippen LogP contribution in [0.25, 0.3) is 0 Å². The molecule has 0 N–H and O–H groups in total. The first kappa shape index (κ1) is 14.3. The Labute approximate surface area is 107 Å². The molecule has 0 heterocycles. The van der Waals surface area contributed by atoms with Gasteiger partial charge in [-0.2, -0.15) is 0 Å². The summed E-state index contributed by atoms with van der Waals surface area (Å²) >= 11 is 0. The minimum Gasteiger partial charge on any atom is -0.0599 e. The van der Waals surface area contributed by atoms with E-state index < -0.39 is 0 Å². The number of hydrogen-bond acceptors (Lipinski definition) is 0. The molecule has 0 unspecified atom stereocenters. The molecule has 0 aliphatic heterocycles. The molecular weight excluding hydrogens is 204 g/mol. The fraction of sp³-hybridized carbons (Fsp3) is 0.647. The van der Waals surface area contributed by atoms with Crippen molar-refractivity contribution in [2.24, 2.45) is 10.8 Å². The highest BCUT2D eigenvalue weighted by molar-refractivity contribution is 5.30. The lowest BCUT2D eigenvalue weighted by Gasteiger charge is -2.22. The van der Waals surface area contributed by atoms with Crippen LogP contribution in [0, 0.1) is 17.8 Å². The topological polar surface area (TPSA) is 0 Å². The molecule has 1 aromatic carbocycles. The lowest BCUT2D eigenvalue weighted by atomic mass is 9.84. The number of aryl methyl sites for hydroxylation is 1. The van der Waals surface area contributed by atoms with Gasteiger partial charge >= 0.3 is 0 Å². The third kappa shape index (κ3) is 5.91. The minimum atomic E-state index is 0.368. The van der Waals surface area contributed by atoms with Gasteiger partial charge in [0, 0.05) is 0 Å². The Kier molecular flexibility index (Phi) is 4.06. The first-order chi connectivity index (χ1) is 7.55. The first-order valence-corrected chi connectivity index (χ1v) is 6.65. The second kappa shape index (κ2) is 4.84. The van der Waals surface area contributed by atoms with E-state index in [0.29, 0.717) is 10.8 Å². The van der Waals surface area contributed by atoms with Gasteiger partial charge in [-0.05, 0) is 41.7 Å². The molecule has 0 saturated carbocycles. The zero-order chi connectivity index (χ0) is 13.3. The van der Waals surface area contributed by atoms with Crippen molar-refractivity contribution >= 4 is 0 Å². The Hall–Kier alpha value is -0.780. The lowest BCUT2D eigenvalue weighted by Crippen LogP contribution is -2.12. The predicted molar refractivity (Wildman–Crippen MR) is 77.5 cm³/mol. The van der Waals surface area contributed by atoms with Gasteiger partial charge in [0.1, 0.15) is 0 Å². The molecular formula is C17H28. The van der Waals surface area contributed by atoms with Crippen molar-refractivity contribution in [3.05, 3.63) is 34.9 Å². The van der Waals surface area contributed by atoms with E-state index in [1.807, 2.05) is 0 Å². The van der Waals surface area contributed by atoms with Crippen molar-refractivity contribution in [2.75, 3.05) is 0 Å². The van der Waals surface area contributed by atoms with Gasteiger partial charge in [0.15, 0.2) is 0 Å². The van der Waals surface area contributed by atoms with Crippen LogP contribution in [-0.4, -0.2) is 0 Å². The van der Waals surface area contributed by atoms with Gasteiger partial charge in [-0.3, -0.25) is 0 Å². The monoisotopic (exact) mass is 232 g/mol. The van der Waals surface area contributed by atoms with Gasteiger partial charge in [0.05, 0.1) is 0 Å². The van der Waals surface area contributed by atoms with Crippen molar-refractivity contribution in [2.45, 2.75) is 61.3 Å². The molecule has 0 aromatic heterocycles. The number of benzene rings is 1. The van der Waals surface area contributed by atoms with E-state index in [4.69, 9.17) is 0 Å². The molecule has 0 radical (unpaired) electrons. The molecule has 17 heavy (non-hydrogen) atoms. The summed E-state index contributed by atoms with van der Waals surface area (Å²) in [6, 6.07) is 7.05. The maximum Gasteiger partial charge on any atom is -0.0230 e. The van der Waals surface area contributed by atoms with Crippen LogP contribution in [0.15, 0.2) is 18.2 Å². The van der Waals surface area contributed by atoms with Gasteiger partial charge in [-0.15, -0.1) is 0 Å². The van der Waals surface area contributed by atoms with Gasteiger partial charge in [-0.1, -0.05) is 65.3 Å². The van der Waals surface area contributed by atoms with Gasteiger partial charge in [-0.25, -0.2) is 0 Å². The van der Waals surface area contributed by atoms with Crippen LogP contribution in [0.4, 0.5) is 0 Å². The second-order valence-corrected chi connectivity index (χ2v) is 7.80. The van der Waals surface area contributed by atoms with Crippen LogP contribution in [0.5, 0.6) is 0 Å². The van der Waals surface area contributed by atoms with E-state index in [-0.39, 0.29) is 0 Å². The highest BCUT2D eigenvalue weighted by atomic mass is 14.2. The van der Waals surface area contributed by atoms with Crippen molar-refractivity contribution in [3.8, 4) is 0 Å². The highest BCUT2D eigenvalue weighted by Crippen LogP contribution is 2.25. The van der Waals surface area contributed by atoms with E-state index >= 15 is 0 Å². The van der Waals surface area contributed by atoms with E-state index in [0.717, 1.165) is 12.8 Å². The fourth-order valence-corrected chi connectivity index (χ4v) is 2.38. The molecule has 0 aliphatic rings. The summed E-state index contributed by atoms with van der Waals surface area (Å²) in [4.78, 5) is 0. The Morgan fingerprint density at radius 1 is 0.706 bits per heavy atom. The van der Waals surface area contributed by atoms with Crippen LogP contribution >= 0.6 is 0 Å². The van der Waals surface area contributed by atoms with Crippen molar-refractivity contribution < 1.29 is 0 Å². The molecule has 0 aliphatic carbocycles. The molecule has 0 spiro atoms. The predicted octanol–water partition coefficient (Wildman–Crippen LogP) is 5.17. The van der Waals surface area contributed by atoms with Gasteiger partial charge in [0.2, 0.25) is 0 Å². The molecule has 1 aromatic rings. The zero-order valence-corrected chi connectivity index (χ0v) is 12.6.